The Morgan fingerprint density at radius 1 is 1.42 bits per heavy atom. The van der Waals surface area contributed by atoms with E-state index in [0.717, 1.165) is 24.2 Å². The number of carbonyl (C=O) groups is 1. The van der Waals surface area contributed by atoms with E-state index in [9.17, 15) is 13.2 Å². The van der Waals surface area contributed by atoms with Crippen molar-refractivity contribution in [2.75, 3.05) is 32.8 Å². The topological polar surface area (TPSA) is 102 Å². The number of thiophene rings is 1. The Balaban J connectivity index is 0.00000208. The largest absolute Gasteiger partial charge is 0.379 e. The van der Waals surface area contributed by atoms with Crippen LogP contribution in [0.2, 0.25) is 0 Å². The van der Waals surface area contributed by atoms with Crippen LogP contribution < -0.4 is 11.1 Å². The van der Waals surface area contributed by atoms with Crippen molar-refractivity contribution in [2.24, 2.45) is 11.7 Å². The van der Waals surface area contributed by atoms with Crippen LogP contribution in [0.1, 0.15) is 23.2 Å². The van der Waals surface area contributed by atoms with Crippen molar-refractivity contribution in [1.82, 2.24) is 9.62 Å². The Hall–Kier alpha value is -0.710. The van der Waals surface area contributed by atoms with Gasteiger partial charge in [-0.05, 0) is 24.8 Å². The third-order valence-corrected chi connectivity index (χ3v) is 7.44. The van der Waals surface area contributed by atoms with E-state index < -0.39 is 10.0 Å². The zero-order valence-electron chi connectivity index (χ0n) is 13.1. The minimum absolute atomic E-state index is 0. The molecule has 1 aliphatic heterocycles. The third kappa shape index (κ3) is 4.47. The van der Waals surface area contributed by atoms with Crippen molar-refractivity contribution in [3.63, 3.8) is 0 Å². The number of carbonyl (C=O) groups excluding carboxylic acids is 1. The van der Waals surface area contributed by atoms with Gasteiger partial charge in [0.2, 0.25) is 0 Å². The van der Waals surface area contributed by atoms with E-state index in [2.05, 4.69) is 5.32 Å². The number of halogens is 1. The fourth-order valence-corrected chi connectivity index (χ4v) is 5.21. The van der Waals surface area contributed by atoms with Crippen molar-refractivity contribution in [1.29, 1.82) is 0 Å². The Labute approximate surface area is 152 Å². The maximum atomic E-state index is 12.5. The smallest absolute Gasteiger partial charge is 0.252 e. The second-order valence-corrected chi connectivity index (χ2v) is 8.96. The molecule has 1 aromatic rings. The van der Waals surface area contributed by atoms with E-state index in [0.29, 0.717) is 44.3 Å². The summed E-state index contributed by atoms with van der Waals surface area (Å²) in [5.74, 6) is 0.232. The second-order valence-electron chi connectivity index (χ2n) is 5.88. The molecule has 3 rings (SSSR count). The lowest BCUT2D eigenvalue weighted by Gasteiger charge is -2.25. The predicted molar refractivity (Wildman–Crippen MR) is 94.2 cm³/mol. The van der Waals surface area contributed by atoms with Gasteiger partial charge < -0.3 is 15.8 Å². The molecule has 1 amide bonds. The third-order valence-electron chi connectivity index (χ3n) is 4.13. The summed E-state index contributed by atoms with van der Waals surface area (Å²) >= 11 is 1.07. The Bertz CT molecular complexity index is 669. The number of nitrogens with two attached hydrogens (primary N) is 1. The van der Waals surface area contributed by atoms with Gasteiger partial charge in [0.05, 0.1) is 18.8 Å². The molecule has 1 atom stereocenters. The highest BCUT2D eigenvalue weighted by atomic mass is 35.5. The van der Waals surface area contributed by atoms with E-state index >= 15 is 0 Å². The minimum Gasteiger partial charge on any atom is -0.379 e. The fraction of sp³-hybridized carbons (Fsp3) is 0.643. The Kier molecular flexibility index (Phi) is 6.63. The highest BCUT2D eigenvalue weighted by molar-refractivity contribution is 7.91. The number of morpholine rings is 1. The summed E-state index contributed by atoms with van der Waals surface area (Å²) in [6.07, 6.45) is 2.24. The number of sulfonamides is 1. The summed E-state index contributed by atoms with van der Waals surface area (Å²) in [5, 5.41) is 4.35. The maximum absolute atomic E-state index is 12.5. The quantitative estimate of drug-likeness (QED) is 0.736. The normalized spacial score (nSPS) is 20.2. The number of rotatable bonds is 6. The van der Waals surface area contributed by atoms with Crippen LogP contribution in [0.5, 0.6) is 0 Å². The summed E-state index contributed by atoms with van der Waals surface area (Å²) < 4.78 is 31.8. The summed E-state index contributed by atoms with van der Waals surface area (Å²) in [6.45, 7) is 1.91. The lowest BCUT2D eigenvalue weighted by atomic mass is 10.2. The van der Waals surface area contributed by atoms with Crippen LogP contribution in [0.3, 0.4) is 0 Å². The zero-order chi connectivity index (χ0) is 16.4. The molecule has 1 saturated carbocycles. The van der Waals surface area contributed by atoms with Gasteiger partial charge in [0.25, 0.3) is 15.9 Å². The molecule has 2 fully saturated rings. The number of hydrogen-bond donors (Lipinski definition) is 2. The lowest BCUT2D eigenvalue weighted by Crippen LogP contribution is -2.40. The molecular weight excluding hydrogens is 374 g/mol. The van der Waals surface area contributed by atoms with Crippen LogP contribution in [0.4, 0.5) is 0 Å². The standard InChI is InChI=1S/C14H21N3O4S2.ClH/c15-12(10-1-2-10)8-16-14(18)11-7-13(22-9-11)23(19,20)17-3-5-21-6-4-17;/h7,9-10,12H,1-6,8,15H2,(H,16,18);1H. The van der Waals surface area contributed by atoms with Crippen molar-refractivity contribution < 1.29 is 17.9 Å². The molecule has 136 valence electrons. The van der Waals surface area contributed by atoms with E-state index in [1.807, 2.05) is 0 Å². The van der Waals surface area contributed by atoms with Crippen LogP contribution in [0.15, 0.2) is 15.7 Å². The molecule has 1 aromatic heterocycles. The Morgan fingerprint density at radius 3 is 2.71 bits per heavy atom. The van der Waals surface area contributed by atoms with Gasteiger partial charge in [-0.25, -0.2) is 8.42 Å². The molecule has 7 nitrogen and oxygen atoms in total. The lowest BCUT2D eigenvalue weighted by molar-refractivity contribution is 0.0731. The van der Waals surface area contributed by atoms with Crippen LogP contribution in [0, 0.1) is 5.92 Å². The monoisotopic (exact) mass is 395 g/mol. The average molecular weight is 396 g/mol. The molecule has 24 heavy (non-hydrogen) atoms. The van der Waals surface area contributed by atoms with Gasteiger partial charge in [-0.2, -0.15) is 4.31 Å². The van der Waals surface area contributed by atoms with E-state index in [1.165, 1.54) is 10.4 Å². The first kappa shape index (κ1) is 19.6. The zero-order valence-corrected chi connectivity index (χ0v) is 15.6. The summed E-state index contributed by atoms with van der Waals surface area (Å²) in [6, 6.07) is 1.42. The number of amides is 1. The van der Waals surface area contributed by atoms with Crippen molar-refractivity contribution in [2.45, 2.75) is 23.1 Å². The van der Waals surface area contributed by atoms with E-state index in [-0.39, 0.29) is 28.6 Å². The fourth-order valence-electron chi connectivity index (χ4n) is 2.49. The van der Waals surface area contributed by atoms with Crippen LogP contribution in [0.25, 0.3) is 0 Å². The van der Waals surface area contributed by atoms with Crippen molar-refractivity contribution >= 4 is 39.7 Å². The SMILES string of the molecule is Cl.NC(CNC(=O)c1csc(S(=O)(=O)N2CCOCC2)c1)C1CC1. The van der Waals surface area contributed by atoms with Crippen LogP contribution in [-0.2, 0) is 14.8 Å². The number of nitrogens with zero attached hydrogens (tertiary/aromatic N) is 1. The van der Waals surface area contributed by atoms with Crippen molar-refractivity contribution in [3.05, 3.63) is 17.0 Å². The number of hydrogen-bond acceptors (Lipinski definition) is 6. The first-order valence-electron chi connectivity index (χ1n) is 7.68. The van der Waals surface area contributed by atoms with E-state index in [1.54, 1.807) is 5.38 Å². The van der Waals surface area contributed by atoms with E-state index in [4.69, 9.17) is 10.5 Å². The van der Waals surface area contributed by atoms with Gasteiger partial charge in [0.15, 0.2) is 0 Å². The predicted octanol–water partition coefficient (Wildman–Crippen LogP) is 0.658. The molecule has 1 saturated heterocycles. The van der Waals surface area contributed by atoms with Gasteiger partial charge in [-0.3, -0.25) is 4.79 Å². The molecule has 10 heteroatoms. The first-order valence-corrected chi connectivity index (χ1v) is 10.0. The molecule has 0 aromatic carbocycles. The first-order chi connectivity index (χ1) is 11.0. The number of ether oxygens (including phenoxy) is 1. The molecular formula is C14H22ClN3O4S2. The molecule has 1 unspecified atom stereocenters. The molecule has 0 radical (unpaired) electrons. The highest BCUT2D eigenvalue weighted by Crippen LogP contribution is 2.31. The average Bonchev–Trinajstić information content (AvgIpc) is 3.29. The van der Waals surface area contributed by atoms with Gasteiger partial charge in [-0.1, -0.05) is 0 Å². The Morgan fingerprint density at radius 2 is 2.08 bits per heavy atom. The molecule has 0 spiro atoms. The van der Waals surface area contributed by atoms with Gasteiger partial charge in [0.1, 0.15) is 4.21 Å². The molecule has 2 aliphatic rings. The summed E-state index contributed by atoms with van der Waals surface area (Å²) in [4.78, 5) is 12.1. The van der Waals surface area contributed by atoms with Crippen LogP contribution >= 0.6 is 23.7 Å². The second kappa shape index (κ2) is 8.11. The van der Waals surface area contributed by atoms with Gasteiger partial charge in [0, 0.05) is 31.1 Å². The number of nitrogens with one attached hydrogen (secondary N) is 1. The minimum atomic E-state index is -3.54. The maximum Gasteiger partial charge on any atom is 0.252 e. The highest BCUT2D eigenvalue weighted by Gasteiger charge is 2.30. The van der Waals surface area contributed by atoms with Crippen LogP contribution in [-0.4, -0.2) is 57.5 Å². The van der Waals surface area contributed by atoms with Gasteiger partial charge >= 0.3 is 0 Å². The molecule has 1 aliphatic carbocycles. The summed E-state index contributed by atoms with van der Waals surface area (Å²) in [7, 11) is -3.54. The molecule has 2 heterocycles. The molecule has 3 N–H and O–H groups in total. The summed E-state index contributed by atoms with van der Waals surface area (Å²) in [5.41, 5.74) is 6.32. The van der Waals surface area contributed by atoms with Gasteiger partial charge in [-0.15, -0.1) is 23.7 Å². The van der Waals surface area contributed by atoms with Crippen molar-refractivity contribution in [3.8, 4) is 0 Å². The molecule has 0 bridgehead atoms.